The van der Waals surface area contributed by atoms with Gasteiger partial charge in [0, 0.05) is 12.5 Å². The Morgan fingerprint density at radius 1 is 1.29 bits per heavy atom. The molecule has 1 rings (SSSR count). The predicted octanol–water partition coefficient (Wildman–Crippen LogP) is 3.00. The number of carboxylic acid groups (broad SMARTS) is 1. The normalized spacial score (nSPS) is 25.5. The third-order valence-corrected chi connectivity index (χ3v) is 4.21. The minimum Gasteiger partial charge on any atom is -0.481 e. The quantitative estimate of drug-likeness (QED) is 0.777. The van der Waals surface area contributed by atoms with Crippen LogP contribution in [0.15, 0.2) is 0 Å². The molecule has 100 valence electrons. The van der Waals surface area contributed by atoms with Gasteiger partial charge in [0.1, 0.15) is 0 Å². The van der Waals surface area contributed by atoms with Gasteiger partial charge in [0.15, 0.2) is 0 Å². The highest BCUT2D eigenvalue weighted by molar-refractivity contribution is 5.66. The van der Waals surface area contributed by atoms with Gasteiger partial charge in [-0.2, -0.15) is 0 Å². The van der Waals surface area contributed by atoms with Crippen molar-refractivity contribution < 1.29 is 9.90 Å². The van der Waals surface area contributed by atoms with Gasteiger partial charge in [-0.05, 0) is 57.5 Å². The van der Waals surface area contributed by atoms with Crippen LogP contribution in [0.25, 0.3) is 0 Å². The van der Waals surface area contributed by atoms with Crippen LogP contribution in [0, 0.1) is 11.8 Å². The first kappa shape index (κ1) is 14.5. The molecule has 1 fully saturated rings. The molecule has 3 heteroatoms. The third-order valence-electron chi connectivity index (χ3n) is 4.21. The van der Waals surface area contributed by atoms with E-state index in [2.05, 4.69) is 25.8 Å². The number of carboxylic acids is 1. The van der Waals surface area contributed by atoms with Gasteiger partial charge in [0.05, 0.1) is 0 Å². The van der Waals surface area contributed by atoms with Crippen molar-refractivity contribution in [2.45, 2.75) is 58.4 Å². The van der Waals surface area contributed by atoms with E-state index in [1.165, 1.54) is 25.7 Å². The first-order valence-corrected chi connectivity index (χ1v) is 6.92. The Bertz CT molecular complexity index is 232. The summed E-state index contributed by atoms with van der Waals surface area (Å²) < 4.78 is 0. The van der Waals surface area contributed by atoms with Crippen molar-refractivity contribution in [1.29, 1.82) is 0 Å². The summed E-state index contributed by atoms with van der Waals surface area (Å²) in [6.07, 6.45) is 6.32. The van der Waals surface area contributed by atoms with Crippen molar-refractivity contribution in [3.63, 3.8) is 0 Å². The average molecular weight is 241 g/mol. The molecule has 1 N–H and O–H groups in total. The van der Waals surface area contributed by atoms with Crippen molar-refractivity contribution in [1.82, 2.24) is 4.90 Å². The summed E-state index contributed by atoms with van der Waals surface area (Å²) >= 11 is 0. The Balaban J connectivity index is 2.21. The molecule has 1 aliphatic carbocycles. The zero-order valence-electron chi connectivity index (χ0n) is 11.5. The Kier molecular flexibility index (Phi) is 5.96. The lowest BCUT2D eigenvalue weighted by Gasteiger charge is -2.36. The first-order valence-electron chi connectivity index (χ1n) is 6.92. The van der Waals surface area contributed by atoms with Crippen LogP contribution in [-0.4, -0.2) is 35.6 Å². The first-order chi connectivity index (χ1) is 8.00. The van der Waals surface area contributed by atoms with E-state index in [4.69, 9.17) is 5.11 Å². The van der Waals surface area contributed by atoms with Gasteiger partial charge in [-0.1, -0.05) is 13.8 Å². The fourth-order valence-electron chi connectivity index (χ4n) is 2.87. The van der Waals surface area contributed by atoms with Gasteiger partial charge < -0.3 is 10.0 Å². The van der Waals surface area contributed by atoms with Crippen LogP contribution in [-0.2, 0) is 4.79 Å². The molecule has 0 spiro atoms. The summed E-state index contributed by atoms with van der Waals surface area (Å²) in [6.45, 7) is 5.56. The summed E-state index contributed by atoms with van der Waals surface area (Å²) in [6, 6.07) is 0.679. The van der Waals surface area contributed by atoms with E-state index >= 15 is 0 Å². The van der Waals surface area contributed by atoms with E-state index in [0.29, 0.717) is 12.5 Å². The number of hydrogen-bond acceptors (Lipinski definition) is 2. The molecule has 1 aliphatic rings. The SMILES string of the molecule is CC(C)C1CCC(N(C)CCCC(=O)O)CC1. The third kappa shape index (κ3) is 5.07. The lowest BCUT2D eigenvalue weighted by atomic mass is 9.79. The van der Waals surface area contributed by atoms with Crippen molar-refractivity contribution in [2.24, 2.45) is 11.8 Å². The van der Waals surface area contributed by atoms with E-state index in [9.17, 15) is 4.79 Å². The van der Waals surface area contributed by atoms with Crippen LogP contribution in [0.3, 0.4) is 0 Å². The topological polar surface area (TPSA) is 40.5 Å². The lowest BCUT2D eigenvalue weighted by molar-refractivity contribution is -0.137. The van der Waals surface area contributed by atoms with Crippen molar-refractivity contribution in [3.8, 4) is 0 Å². The summed E-state index contributed by atoms with van der Waals surface area (Å²) in [5.74, 6) is 1.04. The van der Waals surface area contributed by atoms with Gasteiger partial charge in [-0.3, -0.25) is 4.79 Å². The molecule has 17 heavy (non-hydrogen) atoms. The van der Waals surface area contributed by atoms with Gasteiger partial charge in [-0.25, -0.2) is 0 Å². The predicted molar refractivity (Wildman–Crippen MR) is 70.1 cm³/mol. The van der Waals surface area contributed by atoms with Crippen LogP contribution < -0.4 is 0 Å². The Morgan fingerprint density at radius 2 is 1.88 bits per heavy atom. The smallest absolute Gasteiger partial charge is 0.303 e. The molecule has 0 aromatic carbocycles. The van der Waals surface area contributed by atoms with Gasteiger partial charge in [0.25, 0.3) is 0 Å². The highest BCUT2D eigenvalue weighted by Gasteiger charge is 2.25. The molecule has 0 saturated heterocycles. The number of hydrogen-bond donors (Lipinski definition) is 1. The van der Waals surface area contributed by atoms with E-state index in [-0.39, 0.29) is 0 Å². The maximum atomic E-state index is 10.5. The van der Waals surface area contributed by atoms with Crippen LogP contribution in [0.5, 0.6) is 0 Å². The number of rotatable bonds is 6. The number of aliphatic carboxylic acids is 1. The molecule has 0 aromatic rings. The van der Waals surface area contributed by atoms with Gasteiger partial charge >= 0.3 is 5.97 Å². The minimum absolute atomic E-state index is 0.297. The Morgan fingerprint density at radius 3 is 2.35 bits per heavy atom. The molecule has 0 amide bonds. The Hall–Kier alpha value is -0.570. The van der Waals surface area contributed by atoms with Crippen molar-refractivity contribution >= 4 is 5.97 Å². The van der Waals surface area contributed by atoms with Crippen LogP contribution in [0.1, 0.15) is 52.4 Å². The van der Waals surface area contributed by atoms with E-state index in [1.54, 1.807) is 0 Å². The molecule has 1 saturated carbocycles. The zero-order chi connectivity index (χ0) is 12.8. The highest BCUT2D eigenvalue weighted by atomic mass is 16.4. The zero-order valence-corrected chi connectivity index (χ0v) is 11.5. The monoisotopic (exact) mass is 241 g/mol. The standard InChI is InChI=1S/C14H27NO2/c1-11(2)12-6-8-13(9-7-12)15(3)10-4-5-14(16)17/h11-13H,4-10H2,1-3H3,(H,16,17). The van der Waals surface area contributed by atoms with Crippen molar-refractivity contribution in [2.75, 3.05) is 13.6 Å². The minimum atomic E-state index is -0.679. The van der Waals surface area contributed by atoms with Gasteiger partial charge in [0.2, 0.25) is 0 Å². The summed E-state index contributed by atoms with van der Waals surface area (Å²) in [7, 11) is 2.14. The second-order valence-electron chi connectivity index (χ2n) is 5.79. The molecular weight excluding hydrogens is 214 g/mol. The largest absolute Gasteiger partial charge is 0.481 e. The van der Waals surface area contributed by atoms with Crippen molar-refractivity contribution in [3.05, 3.63) is 0 Å². The molecule has 0 atom stereocenters. The van der Waals surface area contributed by atoms with E-state index in [1.807, 2.05) is 0 Å². The average Bonchev–Trinajstić information content (AvgIpc) is 2.28. The highest BCUT2D eigenvalue weighted by Crippen LogP contribution is 2.31. The maximum absolute atomic E-state index is 10.5. The molecule has 0 aliphatic heterocycles. The van der Waals surface area contributed by atoms with E-state index in [0.717, 1.165) is 24.8 Å². The molecule has 0 aromatic heterocycles. The molecule has 0 heterocycles. The summed E-state index contributed by atoms with van der Waals surface area (Å²) in [5.41, 5.74) is 0. The summed E-state index contributed by atoms with van der Waals surface area (Å²) in [5, 5.41) is 8.61. The Labute approximate surface area is 105 Å². The maximum Gasteiger partial charge on any atom is 0.303 e. The molecular formula is C14H27NO2. The fraction of sp³-hybridized carbons (Fsp3) is 0.929. The number of carbonyl (C=O) groups is 1. The van der Waals surface area contributed by atoms with Crippen LogP contribution in [0.2, 0.25) is 0 Å². The van der Waals surface area contributed by atoms with E-state index < -0.39 is 5.97 Å². The fourth-order valence-corrected chi connectivity index (χ4v) is 2.87. The molecule has 3 nitrogen and oxygen atoms in total. The molecule has 0 bridgehead atoms. The van der Waals surface area contributed by atoms with Crippen LogP contribution >= 0.6 is 0 Å². The number of nitrogens with zero attached hydrogens (tertiary/aromatic N) is 1. The molecule has 0 unspecified atom stereocenters. The molecule has 0 radical (unpaired) electrons. The van der Waals surface area contributed by atoms with Gasteiger partial charge in [-0.15, -0.1) is 0 Å². The summed E-state index contributed by atoms with van der Waals surface area (Å²) in [4.78, 5) is 12.8. The second-order valence-corrected chi connectivity index (χ2v) is 5.79. The lowest BCUT2D eigenvalue weighted by Crippen LogP contribution is -2.36. The second kappa shape index (κ2) is 7.00. The van der Waals surface area contributed by atoms with Crippen LogP contribution in [0.4, 0.5) is 0 Å².